The highest BCUT2D eigenvalue weighted by Gasteiger charge is 2.25. The van der Waals surface area contributed by atoms with Gasteiger partial charge in [0.05, 0.1) is 7.11 Å². The molecule has 1 atom stereocenters. The predicted octanol–water partition coefficient (Wildman–Crippen LogP) is 2.15. The second kappa shape index (κ2) is 11.3. The molecule has 0 bridgehead atoms. The molecular formula is C20H29N3O5. The van der Waals surface area contributed by atoms with Crippen LogP contribution in [0.4, 0.5) is 10.5 Å². The Hall–Kier alpha value is -2.61. The fourth-order valence-electron chi connectivity index (χ4n) is 3.02. The van der Waals surface area contributed by atoms with Gasteiger partial charge in [-0.1, -0.05) is 12.1 Å². The van der Waals surface area contributed by atoms with Crippen molar-refractivity contribution in [2.45, 2.75) is 32.8 Å². The Bertz CT molecular complexity index is 662. The highest BCUT2D eigenvalue weighted by Crippen LogP contribution is 2.18. The highest BCUT2D eigenvalue weighted by atomic mass is 16.5. The van der Waals surface area contributed by atoms with E-state index >= 15 is 0 Å². The molecule has 0 saturated carbocycles. The van der Waals surface area contributed by atoms with Crippen molar-refractivity contribution in [3.63, 3.8) is 0 Å². The van der Waals surface area contributed by atoms with Gasteiger partial charge in [0.15, 0.2) is 0 Å². The average molecular weight is 391 g/mol. The molecule has 154 valence electrons. The van der Waals surface area contributed by atoms with Gasteiger partial charge in [0.2, 0.25) is 0 Å². The highest BCUT2D eigenvalue weighted by molar-refractivity contribution is 5.89. The zero-order chi connectivity index (χ0) is 20.4. The molecule has 1 saturated heterocycles. The Morgan fingerprint density at radius 1 is 1.21 bits per heavy atom. The van der Waals surface area contributed by atoms with Crippen LogP contribution in [0.2, 0.25) is 0 Å². The number of benzene rings is 1. The van der Waals surface area contributed by atoms with Crippen molar-refractivity contribution in [1.29, 1.82) is 0 Å². The number of carbonyl (C=O) groups is 3. The first kappa shape index (κ1) is 21.7. The van der Waals surface area contributed by atoms with E-state index in [9.17, 15) is 14.4 Å². The number of nitrogens with zero attached hydrogens (tertiary/aromatic N) is 1. The van der Waals surface area contributed by atoms with Gasteiger partial charge in [-0.3, -0.25) is 9.59 Å². The van der Waals surface area contributed by atoms with Crippen LogP contribution in [-0.2, 0) is 25.7 Å². The molecule has 0 aromatic heterocycles. The lowest BCUT2D eigenvalue weighted by Gasteiger charge is -2.18. The molecular weight excluding hydrogens is 362 g/mol. The molecule has 2 rings (SSSR count). The molecule has 1 aliphatic heterocycles. The standard InChI is InChI=1S/C20H29N3O5/c1-15(24)28-14-16-5-7-18(8-6-16)22-20(26)23-11-9-17(13-23)12-21-10-3-4-19(25)27-2/h5-8,17,21H,3-4,9-14H2,1-2H3,(H,22,26). The van der Waals surface area contributed by atoms with E-state index in [-0.39, 0.29) is 24.6 Å². The summed E-state index contributed by atoms with van der Waals surface area (Å²) in [5.41, 5.74) is 1.58. The Morgan fingerprint density at radius 3 is 2.64 bits per heavy atom. The summed E-state index contributed by atoms with van der Waals surface area (Å²) in [5.74, 6) is -0.0983. The lowest BCUT2D eigenvalue weighted by molar-refractivity contribution is -0.142. The number of nitrogens with one attached hydrogen (secondary N) is 2. The van der Waals surface area contributed by atoms with Crippen LogP contribution >= 0.6 is 0 Å². The number of ether oxygens (including phenoxy) is 2. The number of hydrogen-bond acceptors (Lipinski definition) is 6. The minimum atomic E-state index is -0.320. The molecule has 0 aliphatic carbocycles. The van der Waals surface area contributed by atoms with E-state index in [0.29, 0.717) is 24.6 Å². The van der Waals surface area contributed by atoms with Crippen LogP contribution in [0, 0.1) is 5.92 Å². The van der Waals surface area contributed by atoms with Crippen LogP contribution in [-0.4, -0.2) is 56.2 Å². The number of likely N-dealkylation sites (tertiary alicyclic amines) is 1. The second-order valence-electron chi connectivity index (χ2n) is 6.89. The molecule has 8 heteroatoms. The number of anilines is 1. The third kappa shape index (κ3) is 7.56. The Balaban J connectivity index is 1.66. The molecule has 1 unspecified atom stereocenters. The van der Waals surface area contributed by atoms with Crippen LogP contribution < -0.4 is 10.6 Å². The van der Waals surface area contributed by atoms with Gasteiger partial charge in [0.1, 0.15) is 6.61 Å². The minimum absolute atomic E-state index is 0.110. The number of carbonyl (C=O) groups excluding carboxylic acids is 3. The van der Waals surface area contributed by atoms with Crippen LogP contribution in [0.5, 0.6) is 0 Å². The van der Waals surface area contributed by atoms with Gasteiger partial charge in [0.25, 0.3) is 0 Å². The first-order valence-corrected chi connectivity index (χ1v) is 9.53. The quantitative estimate of drug-likeness (QED) is 0.495. The summed E-state index contributed by atoms with van der Waals surface area (Å²) < 4.78 is 9.55. The summed E-state index contributed by atoms with van der Waals surface area (Å²) >= 11 is 0. The third-order valence-corrected chi connectivity index (χ3v) is 4.62. The smallest absolute Gasteiger partial charge is 0.321 e. The molecule has 1 aromatic carbocycles. The van der Waals surface area contributed by atoms with Gasteiger partial charge >= 0.3 is 18.0 Å². The number of methoxy groups -OCH3 is 1. The average Bonchev–Trinajstić information content (AvgIpc) is 3.16. The summed E-state index contributed by atoms with van der Waals surface area (Å²) in [6, 6.07) is 7.13. The normalized spacial score (nSPS) is 15.9. The van der Waals surface area contributed by atoms with E-state index in [1.165, 1.54) is 14.0 Å². The summed E-state index contributed by atoms with van der Waals surface area (Å²) in [4.78, 5) is 36.1. The van der Waals surface area contributed by atoms with Gasteiger partial charge in [-0.05, 0) is 49.5 Å². The van der Waals surface area contributed by atoms with E-state index in [4.69, 9.17) is 4.74 Å². The van der Waals surface area contributed by atoms with Gasteiger partial charge in [-0.2, -0.15) is 0 Å². The zero-order valence-corrected chi connectivity index (χ0v) is 16.5. The van der Waals surface area contributed by atoms with Crippen molar-refractivity contribution in [3.05, 3.63) is 29.8 Å². The van der Waals surface area contributed by atoms with Crippen molar-refractivity contribution in [1.82, 2.24) is 10.2 Å². The molecule has 0 spiro atoms. The second-order valence-corrected chi connectivity index (χ2v) is 6.89. The van der Waals surface area contributed by atoms with Gasteiger partial charge in [-0.25, -0.2) is 4.79 Å². The molecule has 1 aliphatic rings. The Kier molecular flexibility index (Phi) is 8.74. The molecule has 2 N–H and O–H groups in total. The summed E-state index contributed by atoms with van der Waals surface area (Å²) in [5, 5.41) is 6.24. The molecule has 1 fully saturated rings. The molecule has 0 radical (unpaired) electrons. The Morgan fingerprint density at radius 2 is 1.96 bits per heavy atom. The monoisotopic (exact) mass is 391 g/mol. The lowest BCUT2D eigenvalue weighted by atomic mass is 10.1. The molecule has 1 heterocycles. The first-order valence-electron chi connectivity index (χ1n) is 9.53. The summed E-state index contributed by atoms with van der Waals surface area (Å²) in [6.07, 6.45) is 2.12. The van der Waals surface area contributed by atoms with Crippen LogP contribution in [0.3, 0.4) is 0 Å². The minimum Gasteiger partial charge on any atom is -0.469 e. The largest absolute Gasteiger partial charge is 0.469 e. The SMILES string of the molecule is COC(=O)CCCNCC1CCN(C(=O)Nc2ccc(COC(C)=O)cc2)C1. The van der Waals surface area contributed by atoms with E-state index < -0.39 is 0 Å². The maximum atomic E-state index is 12.4. The first-order chi connectivity index (χ1) is 13.5. The third-order valence-electron chi connectivity index (χ3n) is 4.62. The maximum absolute atomic E-state index is 12.4. The van der Waals surface area contributed by atoms with Crippen molar-refractivity contribution in [2.75, 3.05) is 38.6 Å². The zero-order valence-electron chi connectivity index (χ0n) is 16.5. The van der Waals surface area contributed by atoms with Crippen LogP contribution in [0.25, 0.3) is 0 Å². The van der Waals surface area contributed by atoms with Gasteiger partial charge in [0, 0.05) is 32.1 Å². The molecule has 28 heavy (non-hydrogen) atoms. The van der Waals surface area contributed by atoms with Crippen molar-refractivity contribution < 1.29 is 23.9 Å². The van der Waals surface area contributed by atoms with Crippen molar-refractivity contribution in [2.24, 2.45) is 5.92 Å². The fourth-order valence-corrected chi connectivity index (χ4v) is 3.02. The van der Waals surface area contributed by atoms with Crippen molar-refractivity contribution in [3.8, 4) is 0 Å². The number of urea groups is 1. The topological polar surface area (TPSA) is 97.0 Å². The number of rotatable bonds is 9. The Labute approximate surface area is 165 Å². The van der Waals surface area contributed by atoms with Gasteiger partial charge < -0.3 is 25.0 Å². The summed E-state index contributed by atoms with van der Waals surface area (Å²) in [6.45, 7) is 4.62. The fraction of sp³-hybridized carbons (Fsp3) is 0.550. The van der Waals surface area contributed by atoms with Crippen LogP contribution in [0.15, 0.2) is 24.3 Å². The number of hydrogen-bond donors (Lipinski definition) is 2. The lowest BCUT2D eigenvalue weighted by Crippen LogP contribution is -2.34. The van der Waals surface area contributed by atoms with Gasteiger partial charge in [-0.15, -0.1) is 0 Å². The van der Waals surface area contributed by atoms with E-state index in [0.717, 1.165) is 38.0 Å². The summed E-state index contributed by atoms with van der Waals surface area (Å²) in [7, 11) is 1.39. The number of amides is 2. The molecule has 8 nitrogen and oxygen atoms in total. The molecule has 2 amide bonds. The predicted molar refractivity (Wildman–Crippen MR) is 105 cm³/mol. The van der Waals surface area contributed by atoms with Crippen LogP contribution in [0.1, 0.15) is 31.7 Å². The van der Waals surface area contributed by atoms with E-state index in [1.54, 1.807) is 12.1 Å². The number of esters is 2. The van der Waals surface area contributed by atoms with Crippen molar-refractivity contribution >= 4 is 23.7 Å². The van der Waals surface area contributed by atoms with E-state index in [1.807, 2.05) is 17.0 Å². The van der Waals surface area contributed by atoms with E-state index in [2.05, 4.69) is 15.4 Å². The maximum Gasteiger partial charge on any atom is 0.321 e. The molecule has 1 aromatic rings.